The van der Waals surface area contributed by atoms with Crippen molar-refractivity contribution in [3.63, 3.8) is 0 Å². The van der Waals surface area contributed by atoms with Crippen LogP contribution in [0.1, 0.15) is 25.2 Å². The molecule has 0 unspecified atom stereocenters. The molecule has 0 saturated heterocycles. The molecule has 168 valence electrons. The van der Waals surface area contributed by atoms with Crippen molar-refractivity contribution >= 4 is 35.0 Å². The van der Waals surface area contributed by atoms with E-state index in [0.29, 0.717) is 47.1 Å². The number of aromatic nitrogens is 3. The van der Waals surface area contributed by atoms with E-state index in [2.05, 4.69) is 30.9 Å². The van der Waals surface area contributed by atoms with Crippen molar-refractivity contribution in [2.75, 3.05) is 23.7 Å². The second kappa shape index (κ2) is 10.3. The van der Waals surface area contributed by atoms with E-state index >= 15 is 0 Å². The average molecular weight is 455 g/mol. The van der Waals surface area contributed by atoms with Crippen molar-refractivity contribution in [2.45, 2.75) is 33.3 Å². The van der Waals surface area contributed by atoms with Gasteiger partial charge in [-0.15, -0.1) is 0 Å². The van der Waals surface area contributed by atoms with Crippen molar-refractivity contribution in [2.24, 2.45) is 0 Å². The van der Waals surface area contributed by atoms with Gasteiger partial charge >= 0.3 is 0 Å². The minimum atomic E-state index is -1.03. The first kappa shape index (κ1) is 23.3. The van der Waals surface area contributed by atoms with Gasteiger partial charge in [-0.05, 0) is 69.7 Å². The van der Waals surface area contributed by atoms with Gasteiger partial charge in [0.05, 0.1) is 0 Å². The highest BCUT2D eigenvalue weighted by atomic mass is 35.5. The lowest BCUT2D eigenvalue weighted by molar-refractivity contribution is -0.134. The zero-order valence-electron chi connectivity index (χ0n) is 18.6. The maximum atomic E-state index is 12.6. The third-order valence-corrected chi connectivity index (χ3v) is 4.71. The van der Waals surface area contributed by atoms with Crippen LogP contribution in [0.25, 0.3) is 0 Å². The third-order valence-electron chi connectivity index (χ3n) is 4.46. The Hall–Kier alpha value is -3.39. The second-order valence-corrected chi connectivity index (χ2v) is 8.21. The van der Waals surface area contributed by atoms with Crippen LogP contribution in [0.4, 0.5) is 17.5 Å². The van der Waals surface area contributed by atoms with Gasteiger partial charge in [0, 0.05) is 30.4 Å². The van der Waals surface area contributed by atoms with E-state index in [1.54, 1.807) is 50.4 Å². The van der Waals surface area contributed by atoms with Crippen LogP contribution in [-0.4, -0.2) is 39.5 Å². The van der Waals surface area contributed by atoms with Gasteiger partial charge in [0.15, 0.2) is 5.60 Å². The molecule has 1 amide bonds. The summed E-state index contributed by atoms with van der Waals surface area (Å²) in [6.45, 7) is 8.14. The highest BCUT2D eigenvalue weighted by Gasteiger charge is 2.29. The molecule has 32 heavy (non-hydrogen) atoms. The summed E-state index contributed by atoms with van der Waals surface area (Å²) < 4.78 is 5.80. The lowest BCUT2D eigenvalue weighted by Crippen LogP contribution is -2.47. The van der Waals surface area contributed by atoms with Crippen LogP contribution >= 0.6 is 11.6 Å². The maximum Gasteiger partial charge on any atom is 0.263 e. The Morgan fingerprint density at radius 1 is 1.00 bits per heavy atom. The van der Waals surface area contributed by atoms with E-state index in [1.807, 2.05) is 26.0 Å². The molecule has 3 N–H and O–H groups in total. The summed E-state index contributed by atoms with van der Waals surface area (Å²) in [5, 5.41) is 9.88. The molecule has 0 aliphatic carbocycles. The highest BCUT2D eigenvalue weighted by Crippen LogP contribution is 2.21. The summed E-state index contributed by atoms with van der Waals surface area (Å²) in [5.41, 5.74) is 0.0716. The van der Waals surface area contributed by atoms with Gasteiger partial charge in [-0.1, -0.05) is 11.6 Å². The third kappa shape index (κ3) is 6.81. The summed E-state index contributed by atoms with van der Waals surface area (Å²) >= 11 is 5.89. The van der Waals surface area contributed by atoms with Gasteiger partial charge in [0.1, 0.15) is 29.0 Å². The Balaban J connectivity index is 1.50. The van der Waals surface area contributed by atoms with Gasteiger partial charge in [0.25, 0.3) is 5.91 Å². The first-order chi connectivity index (χ1) is 15.2. The molecule has 0 bridgehead atoms. The first-order valence-electron chi connectivity index (χ1n) is 10.2. The van der Waals surface area contributed by atoms with E-state index in [9.17, 15) is 4.79 Å². The molecule has 9 heteroatoms. The van der Waals surface area contributed by atoms with E-state index in [0.717, 1.165) is 5.56 Å². The summed E-state index contributed by atoms with van der Waals surface area (Å²) in [4.78, 5) is 25.6. The molecule has 0 fully saturated rings. The van der Waals surface area contributed by atoms with Crippen molar-refractivity contribution in [1.29, 1.82) is 0 Å². The standard InChI is InChI=1S/C23H27ClN6O2/c1-15-9-10-25-19(13-15)30-21-14-20(28-16(2)29-21)26-11-12-27-22(31)23(3,4)32-18-7-5-17(24)6-8-18/h5-10,13-14H,11-12H2,1-4H3,(H,27,31)(H2,25,26,28,29,30). The number of hydrogen-bond donors (Lipinski definition) is 3. The number of carbonyl (C=O) groups excluding carboxylic acids is 1. The molecule has 0 radical (unpaired) electrons. The number of carbonyl (C=O) groups is 1. The fourth-order valence-electron chi connectivity index (χ4n) is 2.88. The molecular weight excluding hydrogens is 428 g/mol. The lowest BCUT2D eigenvalue weighted by atomic mass is 10.1. The largest absolute Gasteiger partial charge is 0.478 e. The fourth-order valence-corrected chi connectivity index (χ4v) is 3.01. The number of halogens is 1. The van der Waals surface area contributed by atoms with Crippen LogP contribution < -0.4 is 20.7 Å². The number of hydrogen-bond acceptors (Lipinski definition) is 7. The quantitative estimate of drug-likeness (QED) is 0.415. The molecule has 1 aromatic carbocycles. The van der Waals surface area contributed by atoms with E-state index in [-0.39, 0.29) is 5.91 Å². The minimum Gasteiger partial charge on any atom is -0.478 e. The molecule has 3 rings (SSSR count). The number of ether oxygens (including phenoxy) is 1. The highest BCUT2D eigenvalue weighted by molar-refractivity contribution is 6.30. The van der Waals surface area contributed by atoms with Gasteiger partial charge < -0.3 is 20.7 Å². The number of rotatable bonds is 9. The fraction of sp³-hybridized carbons (Fsp3) is 0.304. The van der Waals surface area contributed by atoms with E-state index < -0.39 is 5.60 Å². The average Bonchev–Trinajstić information content (AvgIpc) is 2.72. The number of aryl methyl sites for hydroxylation is 2. The van der Waals surface area contributed by atoms with Crippen LogP contribution in [0, 0.1) is 13.8 Å². The molecular formula is C23H27ClN6O2. The maximum absolute atomic E-state index is 12.6. The zero-order chi connectivity index (χ0) is 23.1. The molecule has 3 aromatic rings. The molecule has 2 aromatic heterocycles. The summed E-state index contributed by atoms with van der Waals surface area (Å²) in [6, 6.07) is 12.6. The van der Waals surface area contributed by atoms with Gasteiger partial charge in [-0.3, -0.25) is 4.79 Å². The normalized spacial score (nSPS) is 11.0. The van der Waals surface area contributed by atoms with Crippen LogP contribution in [0.15, 0.2) is 48.7 Å². The molecule has 0 saturated carbocycles. The molecule has 0 spiro atoms. The number of amides is 1. The van der Waals surface area contributed by atoms with Crippen molar-refractivity contribution < 1.29 is 9.53 Å². The van der Waals surface area contributed by atoms with Crippen molar-refractivity contribution in [1.82, 2.24) is 20.3 Å². The molecule has 8 nitrogen and oxygen atoms in total. The number of anilines is 3. The molecule has 0 atom stereocenters. The summed E-state index contributed by atoms with van der Waals surface area (Å²) in [7, 11) is 0. The van der Waals surface area contributed by atoms with Crippen LogP contribution in [0.3, 0.4) is 0 Å². The molecule has 0 aliphatic rings. The first-order valence-corrected chi connectivity index (χ1v) is 10.6. The second-order valence-electron chi connectivity index (χ2n) is 7.78. The molecule has 0 aliphatic heterocycles. The van der Waals surface area contributed by atoms with Crippen LogP contribution in [0.2, 0.25) is 5.02 Å². The summed E-state index contributed by atoms with van der Waals surface area (Å²) in [6.07, 6.45) is 1.74. The zero-order valence-corrected chi connectivity index (χ0v) is 19.3. The Labute approximate surface area is 192 Å². The predicted octanol–water partition coefficient (Wildman–Crippen LogP) is 4.27. The smallest absolute Gasteiger partial charge is 0.263 e. The number of nitrogens with zero attached hydrogens (tertiary/aromatic N) is 3. The van der Waals surface area contributed by atoms with E-state index in [1.165, 1.54) is 0 Å². The number of benzene rings is 1. The Morgan fingerprint density at radius 2 is 1.72 bits per heavy atom. The van der Waals surface area contributed by atoms with Gasteiger partial charge in [-0.25, -0.2) is 15.0 Å². The van der Waals surface area contributed by atoms with Crippen molar-refractivity contribution in [3.05, 3.63) is 65.1 Å². The van der Waals surface area contributed by atoms with Crippen LogP contribution in [0.5, 0.6) is 5.75 Å². The van der Waals surface area contributed by atoms with Crippen molar-refractivity contribution in [3.8, 4) is 5.75 Å². The Bertz CT molecular complexity index is 1070. The minimum absolute atomic E-state index is 0.221. The topological polar surface area (TPSA) is 101 Å². The predicted molar refractivity (Wildman–Crippen MR) is 127 cm³/mol. The summed E-state index contributed by atoms with van der Waals surface area (Å²) in [5.74, 6) is 2.97. The number of nitrogens with one attached hydrogen (secondary N) is 3. The lowest BCUT2D eigenvalue weighted by Gasteiger charge is -2.25. The van der Waals surface area contributed by atoms with Crippen LogP contribution in [-0.2, 0) is 4.79 Å². The molecule has 2 heterocycles. The number of pyridine rings is 1. The monoisotopic (exact) mass is 454 g/mol. The Morgan fingerprint density at radius 3 is 2.44 bits per heavy atom. The van der Waals surface area contributed by atoms with Gasteiger partial charge in [0.2, 0.25) is 0 Å². The van der Waals surface area contributed by atoms with E-state index in [4.69, 9.17) is 16.3 Å². The SMILES string of the molecule is Cc1ccnc(Nc2cc(NCCNC(=O)C(C)(C)Oc3ccc(Cl)cc3)nc(C)n2)c1. The van der Waals surface area contributed by atoms with Gasteiger partial charge in [-0.2, -0.15) is 0 Å². The Kier molecular flexibility index (Phi) is 7.48.